The van der Waals surface area contributed by atoms with Crippen molar-refractivity contribution in [1.82, 2.24) is 10.6 Å². The highest BCUT2D eigenvalue weighted by Gasteiger charge is 2.26. The summed E-state index contributed by atoms with van der Waals surface area (Å²) < 4.78 is 0. The van der Waals surface area contributed by atoms with Crippen LogP contribution < -0.4 is 16.4 Å². The van der Waals surface area contributed by atoms with E-state index in [9.17, 15) is 19.2 Å². The normalized spacial score (nSPS) is 13.3. The van der Waals surface area contributed by atoms with Crippen LogP contribution in [0.2, 0.25) is 0 Å². The largest absolute Gasteiger partial charge is 0.480 e. The van der Waals surface area contributed by atoms with E-state index in [1.807, 2.05) is 13.8 Å². The Bertz CT molecular complexity index is 409. The zero-order chi connectivity index (χ0) is 16.6. The molecule has 21 heavy (non-hydrogen) atoms. The van der Waals surface area contributed by atoms with Crippen molar-refractivity contribution < 1.29 is 24.3 Å². The molecule has 0 saturated carbocycles. The summed E-state index contributed by atoms with van der Waals surface area (Å²) in [7, 11) is 0. The number of carbonyl (C=O) groups is 4. The van der Waals surface area contributed by atoms with E-state index in [1.165, 1.54) is 6.92 Å². The number of aliphatic carboxylic acids is 1. The van der Waals surface area contributed by atoms with Gasteiger partial charge in [0.15, 0.2) is 0 Å². The van der Waals surface area contributed by atoms with Gasteiger partial charge in [-0.25, -0.2) is 4.79 Å². The maximum Gasteiger partial charge on any atom is 0.326 e. The van der Waals surface area contributed by atoms with Crippen LogP contribution in [0, 0.1) is 5.92 Å². The molecule has 0 saturated heterocycles. The summed E-state index contributed by atoms with van der Waals surface area (Å²) in [4.78, 5) is 44.9. The van der Waals surface area contributed by atoms with Crippen LogP contribution >= 0.6 is 0 Å². The maximum atomic E-state index is 12.1. The van der Waals surface area contributed by atoms with Crippen LogP contribution in [0.25, 0.3) is 0 Å². The van der Waals surface area contributed by atoms with Gasteiger partial charge in [0.1, 0.15) is 12.1 Å². The fourth-order valence-corrected chi connectivity index (χ4v) is 1.76. The van der Waals surface area contributed by atoms with Crippen molar-refractivity contribution in [2.75, 3.05) is 0 Å². The molecule has 2 atom stereocenters. The number of carbonyl (C=O) groups excluding carboxylic acids is 3. The SMILES string of the molecule is CC(=O)N[C@@H](CC(C)C)C(=O)N[C@@H](CCC(N)=O)C(=O)O. The number of amides is 3. The van der Waals surface area contributed by atoms with E-state index < -0.39 is 29.9 Å². The molecule has 0 bridgehead atoms. The molecule has 8 nitrogen and oxygen atoms in total. The maximum absolute atomic E-state index is 12.1. The minimum absolute atomic E-state index is 0.0924. The van der Waals surface area contributed by atoms with Crippen molar-refractivity contribution in [3.8, 4) is 0 Å². The molecule has 3 amide bonds. The first-order valence-corrected chi connectivity index (χ1v) is 6.72. The van der Waals surface area contributed by atoms with Crippen molar-refractivity contribution in [2.24, 2.45) is 11.7 Å². The minimum Gasteiger partial charge on any atom is -0.480 e. The number of hydrogen-bond acceptors (Lipinski definition) is 4. The highest BCUT2D eigenvalue weighted by Crippen LogP contribution is 2.06. The first kappa shape index (κ1) is 18.9. The quantitative estimate of drug-likeness (QED) is 0.449. The van der Waals surface area contributed by atoms with Gasteiger partial charge in [0, 0.05) is 13.3 Å². The molecule has 0 radical (unpaired) electrons. The highest BCUT2D eigenvalue weighted by molar-refractivity contribution is 5.90. The zero-order valence-electron chi connectivity index (χ0n) is 12.5. The fourth-order valence-electron chi connectivity index (χ4n) is 1.76. The molecule has 8 heteroatoms. The van der Waals surface area contributed by atoms with Crippen molar-refractivity contribution in [1.29, 1.82) is 0 Å². The van der Waals surface area contributed by atoms with Gasteiger partial charge in [-0.1, -0.05) is 13.8 Å². The lowest BCUT2D eigenvalue weighted by atomic mass is 10.0. The first-order chi connectivity index (χ1) is 9.63. The second kappa shape index (κ2) is 8.93. The second-order valence-electron chi connectivity index (χ2n) is 5.29. The van der Waals surface area contributed by atoms with Gasteiger partial charge < -0.3 is 21.5 Å². The van der Waals surface area contributed by atoms with E-state index in [1.54, 1.807) is 0 Å². The summed E-state index contributed by atoms with van der Waals surface area (Å²) in [5.74, 6) is -2.72. The van der Waals surface area contributed by atoms with Gasteiger partial charge in [-0.3, -0.25) is 14.4 Å². The van der Waals surface area contributed by atoms with E-state index in [0.29, 0.717) is 6.42 Å². The highest BCUT2D eigenvalue weighted by atomic mass is 16.4. The minimum atomic E-state index is -1.25. The molecule has 0 aromatic heterocycles. The molecule has 5 N–H and O–H groups in total. The molecule has 0 aliphatic rings. The third-order valence-electron chi connectivity index (χ3n) is 2.70. The third kappa shape index (κ3) is 8.61. The van der Waals surface area contributed by atoms with Crippen molar-refractivity contribution in [3.05, 3.63) is 0 Å². The molecule has 0 aliphatic carbocycles. The summed E-state index contributed by atoms with van der Waals surface area (Å²) in [6.45, 7) is 5.04. The van der Waals surface area contributed by atoms with Crippen LogP contribution in [0.15, 0.2) is 0 Å². The van der Waals surface area contributed by atoms with E-state index >= 15 is 0 Å². The molecule has 120 valence electrons. The average molecular weight is 301 g/mol. The number of hydrogen-bond donors (Lipinski definition) is 4. The van der Waals surface area contributed by atoms with Gasteiger partial charge in [0.25, 0.3) is 0 Å². The van der Waals surface area contributed by atoms with Gasteiger partial charge in [-0.15, -0.1) is 0 Å². The van der Waals surface area contributed by atoms with Crippen LogP contribution in [0.5, 0.6) is 0 Å². The van der Waals surface area contributed by atoms with Gasteiger partial charge >= 0.3 is 5.97 Å². The predicted molar refractivity (Wildman–Crippen MR) is 75.1 cm³/mol. The molecule has 0 unspecified atom stereocenters. The molecule has 0 aromatic carbocycles. The van der Waals surface area contributed by atoms with Crippen LogP contribution in [0.3, 0.4) is 0 Å². The molecule has 0 spiro atoms. The number of nitrogens with two attached hydrogens (primary N) is 1. The topological polar surface area (TPSA) is 139 Å². The Hall–Kier alpha value is -2.12. The summed E-state index contributed by atoms with van der Waals surface area (Å²) in [5.41, 5.74) is 4.96. The Labute approximate surface area is 123 Å². The predicted octanol–water partition coefficient (Wildman–Crippen LogP) is -0.628. The third-order valence-corrected chi connectivity index (χ3v) is 2.70. The molecule has 0 aromatic rings. The van der Waals surface area contributed by atoms with Gasteiger partial charge in [-0.2, -0.15) is 0 Å². The Balaban J connectivity index is 4.76. The second-order valence-corrected chi connectivity index (χ2v) is 5.29. The lowest BCUT2D eigenvalue weighted by Crippen LogP contribution is -2.51. The van der Waals surface area contributed by atoms with Gasteiger partial charge in [0.2, 0.25) is 17.7 Å². The molecule has 0 fully saturated rings. The van der Waals surface area contributed by atoms with Crippen LogP contribution in [-0.4, -0.2) is 40.9 Å². The van der Waals surface area contributed by atoms with Crippen molar-refractivity contribution in [2.45, 2.75) is 52.1 Å². The van der Waals surface area contributed by atoms with E-state index in [0.717, 1.165) is 0 Å². The molecular formula is C13H23N3O5. The number of rotatable bonds is 9. The van der Waals surface area contributed by atoms with E-state index in [2.05, 4.69) is 10.6 Å². The van der Waals surface area contributed by atoms with Gasteiger partial charge in [0.05, 0.1) is 0 Å². The van der Waals surface area contributed by atoms with Crippen molar-refractivity contribution >= 4 is 23.7 Å². The lowest BCUT2D eigenvalue weighted by molar-refractivity contribution is -0.142. The summed E-state index contributed by atoms with van der Waals surface area (Å²) in [5, 5.41) is 13.8. The van der Waals surface area contributed by atoms with Crippen LogP contribution in [0.1, 0.15) is 40.0 Å². The molecule has 0 rings (SSSR count). The Morgan fingerprint density at radius 2 is 1.67 bits per heavy atom. The number of carboxylic acid groups (broad SMARTS) is 1. The monoisotopic (exact) mass is 301 g/mol. The molecule has 0 heterocycles. The van der Waals surface area contributed by atoms with Crippen LogP contribution in [-0.2, 0) is 19.2 Å². The van der Waals surface area contributed by atoms with Crippen molar-refractivity contribution in [3.63, 3.8) is 0 Å². The summed E-state index contributed by atoms with van der Waals surface area (Å²) in [6.07, 6.45) is 0.144. The zero-order valence-corrected chi connectivity index (χ0v) is 12.5. The Morgan fingerprint density at radius 1 is 1.10 bits per heavy atom. The Kier molecular flexibility index (Phi) is 8.03. The molecular weight excluding hydrogens is 278 g/mol. The Morgan fingerprint density at radius 3 is 2.05 bits per heavy atom. The van der Waals surface area contributed by atoms with E-state index in [4.69, 9.17) is 10.8 Å². The van der Waals surface area contributed by atoms with E-state index in [-0.39, 0.29) is 24.7 Å². The summed E-state index contributed by atoms with van der Waals surface area (Å²) in [6, 6.07) is -2.02. The summed E-state index contributed by atoms with van der Waals surface area (Å²) >= 11 is 0. The van der Waals surface area contributed by atoms with Gasteiger partial charge in [-0.05, 0) is 18.8 Å². The lowest BCUT2D eigenvalue weighted by Gasteiger charge is -2.22. The number of nitrogens with one attached hydrogen (secondary N) is 2. The van der Waals surface area contributed by atoms with Crippen LogP contribution in [0.4, 0.5) is 0 Å². The fraction of sp³-hybridized carbons (Fsp3) is 0.692. The smallest absolute Gasteiger partial charge is 0.326 e. The first-order valence-electron chi connectivity index (χ1n) is 6.72. The number of primary amides is 1. The molecule has 0 aliphatic heterocycles. The number of carboxylic acids is 1. The standard InChI is InChI=1S/C13H23N3O5/c1-7(2)6-10(15-8(3)17)12(19)16-9(13(20)21)4-5-11(14)18/h7,9-10H,4-6H2,1-3H3,(H2,14,18)(H,15,17)(H,16,19)(H,20,21)/t9-,10-/m0/s1. The average Bonchev–Trinajstić information content (AvgIpc) is 2.31.